The third-order valence-electron chi connectivity index (χ3n) is 3.52. The molecule has 0 aliphatic carbocycles. The molecule has 2 rings (SSSR count). The van der Waals surface area contributed by atoms with Gasteiger partial charge >= 0.3 is 6.09 Å². The molecule has 1 N–H and O–H groups in total. The van der Waals surface area contributed by atoms with Crippen molar-refractivity contribution in [1.29, 1.82) is 0 Å². The topological polar surface area (TPSA) is 77.2 Å². The van der Waals surface area contributed by atoms with E-state index in [0.29, 0.717) is 39.3 Å². The Morgan fingerprint density at radius 1 is 1.25 bits per heavy atom. The summed E-state index contributed by atoms with van der Waals surface area (Å²) in [4.78, 5) is 12.2. The van der Waals surface area contributed by atoms with E-state index in [-0.39, 0.29) is 0 Å². The summed E-state index contributed by atoms with van der Waals surface area (Å²) in [6, 6.07) is 4.93. The van der Waals surface area contributed by atoms with Gasteiger partial charge in [-0.2, -0.15) is 0 Å². The van der Waals surface area contributed by atoms with E-state index in [0.717, 1.165) is 5.56 Å². The zero-order valence-electron chi connectivity index (χ0n) is 16.6. The number of aromatic nitrogens is 2. The third-order valence-corrected chi connectivity index (χ3v) is 5.07. The molecule has 1 aromatic heterocycles. The number of thioether (sulfide) groups is 1. The molecule has 0 spiro atoms. The van der Waals surface area contributed by atoms with Crippen molar-refractivity contribution < 1.29 is 13.9 Å². The van der Waals surface area contributed by atoms with Crippen LogP contribution in [0.15, 0.2) is 27.8 Å². The van der Waals surface area contributed by atoms with Gasteiger partial charge in [0.25, 0.3) is 5.22 Å². The number of hydrogen-bond acceptors (Lipinski definition) is 6. The van der Waals surface area contributed by atoms with Crippen molar-refractivity contribution >= 4 is 41.1 Å². The average Bonchev–Trinajstić information content (AvgIpc) is 3.00. The molecular weight excluding hydrogens is 421 g/mol. The first-order valence-corrected chi connectivity index (χ1v) is 10.7. The van der Waals surface area contributed by atoms with Gasteiger partial charge in [-0.1, -0.05) is 54.9 Å². The van der Waals surface area contributed by atoms with E-state index in [4.69, 9.17) is 32.4 Å². The minimum atomic E-state index is -0.587. The van der Waals surface area contributed by atoms with Crippen LogP contribution in [0, 0.1) is 5.92 Å². The van der Waals surface area contributed by atoms with Gasteiger partial charge in [0.2, 0.25) is 5.89 Å². The van der Waals surface area contributed by atoms with Gasteiger partial charge in [-0.25, -0.2) is 4.79 Å². The van der Waals surface area contributed by atoms with Crippen LogP contribution in [0.3, 0.4) is 0 Å². The van der Waals surface area contributed by atoms with Crippen LogP contribution in [0.2, 0.25) is 10.0 Å². The van der Waals surface area contributed by atoms with Crippen LogP contribution in [0.25, 0.3) is 0 Å². The van der Waals surface area contributed by atoms with Gasteiger partial charge in [-0.3, -0.25) is 0 Å². The molecule has 0 saturated carbocycles. The Bertz CT molecular complexity index is 786. The molecule has 154 valence electrons. The minimum Gasteiger partial charge on any atom is -0.444 e. The predicted octanol–water partition coefficient (Wildman–Crippen LogP) is 6.28. The largest absolute Gasteiger partial charge is 0.444 e. The lowest BCUT2D eigenvalue weighted by atomic mass is 10.0. The molecular formula is C19H25Cl2N3O3S. The van der Waals surface area contributed by atoms with Crippen molar-refractivity contribution in [1.82, 2.24) is 15.5 Å². The number of hydrogen-bond donors (Lipinski definition) is 1. The fourth-order valence-electron chi connectivity index (χ4n) is 2.37. The van der Waals surface area contributed by atoms with E-state index in [2.05, 4.69) is 29.4 Å². The Morgan fingerprint density at radius 3 is 2.46 bits per heavy atom. The number of carbonyl (C=O) groups is 1. The lowest BCUT2D eigenvalue weighted by Gasteiger charge is -2.22. The number of ether oxygens (including phenoxy) is 1. The van der Waals surface area contributed by atoms with Gasteiger partial charge in [0.1, 0.15) is 11.6 Å². The first-order chi connectivity index (χ1) is 13.0. The smallest absolute Gasteiger partial charge is 0.408 e. The second kappa shape index (κ2) is 9.85. The SMILES string of the molecule is CC(C)CC(NC(=O)OC(C)(C)C)c1nnc(SCc2c(Cl)cccc2Cl)o1. The number of nitrogens with one attached hydrogen (secondary N) is 1. The highest BCUT2D eigenvalue weighted by Gasteiger charge is 2.25. The Kier molecular flexibility index (Phi) is 8.04. The number of rotatable bonds is 7. The summed E-state index contributed by atoms with van der Waals surface area (Å²) < 4.78 is 11.1. The molecule has 6 nitrogen and oxygen atoms in total. The molecule has 1 aromatic carbocycles. The maximum atomic E-state index is 12.2. The summed E-state index contributed by atoms with van der Waals surface area (Å²) in [5, 5.41) is 12.5. The molecule has 0 radical (unpaired) electrons. The summed E-state index contributed by atoms with van der Waals surface area (Å²) in [5.74, 6) is 1.14. The zero-order chi connectivity index (χ0) is 20.9. The minimum absolute atomic E-state index is 0.310. The monoisotopic (exact) mass is 445 g/mol. The average molecular weight is 446 g/mol. The van der Waals surface area contributed by atoms with E-state index in [1.807, 2.05) is 20.8 Å². The highest BCUT2D eigenvalue weighted by atomic mass is 35.5. The molecule has 28 heavy (non-hydrogen) atoms. The standard InChI is InChI=1S/C19H25Cl2N3O3S/c1-11(2)9-15(22-17(25)27-19(3,4)5)16-23-24-18(26-16)28-10-12-13(20)7-6-8-14(12)21/h6-8,11,15H,9-10H2,1-5H3,(H,22,25). The van der Waals surface area contributed by atoms with Crippen molar-refractivity contribution in [2.45, 2.75) is 63.7 Å². The van der Waals surface area contributed by atoms with Gasteiger partial charge in [0, 0.05) is 15.8 Å². The molecule has 1 atom stereocenters. The lowest BCUT2D eigenvalue weighted by Crippen LogP contribution is -2.35. The molecule has 1 heterocycles. The highest BCUT2D eigenvalue weighted by molar-refractivity contribution is 7.98. The first kappa shape index (κ1) is 22.8. The van der Waals surface area contributed by atoms with Gasteiger partial charge in [-0.05, 0) is 50.8 Å². The predicted molar refractivity (Wildman–Crippen MR) is 112 cm³/mol. The van der Waals surface area contributed by atoms with Crippen molar-refractivity contribution in [2.24, 2.45) is 5.92 Å². The molecule has 0 fully saturated rings. The summed E-state index contributed by atoms with van der Waals surface area (Å²) in [5.41, 5.74) is 0.220. The number of nitrogens with zero attached hydrogens (tertiary/aromatic N) is 2. The van der Waals surface area contributed by atoms with E-state index in [9.17, 15) is 4.79 Å². The van der Waals surface area contributed by atoms with Crippen LogP contribution in [-0.4, -0.2) is 21.9 Å². The zero-order valence-corrected chi connectivity index (χ0v) is 18.9. The molecule has 0 aliphatic rings. The third kappa shape index (κ3) is 7.18. The van der Waals surface area contributed by atoms with Gasteiger partial charge in [0.15, 0.2) is 0 Å². The van der Waals surface area contributed by atoms with Crippen molar-refractivity contribution in [3.8, 4) is 0 Å². The van der Waals surface area contributed by atoms with Crippen LogP contribution in [-0.2, 0) is 10.5 Å². The second-order valence-corrected chi connectivity index (χ2v) is 9.46. The summed E-state index contributed by atoms with van der Waals surface area (Å²) >= 11 is 13.7. The van der Waals surface area contributed by atoms with Crippen LogP contribution in [0.5, 0.6) is 0 Å². The fourth-order valence-corrected chi connectivity index (χ4v) is 3.88. The van der Waals surface area contributed by atoms with Gasteiger partial charge < -0.3 is 14.5 Å². The quantitative estimate of drug-likeness (QED) is 0.505. The number of amides is 1. The number of halogens is 2. The maximum absolute atomic E-state index is 12.2. The second-order valence-electron chi connectivity index (χ2n) is 7.72. The summed E-state index contributed by atoms with van der Waals surface area (Å²) in [6.45, 7) is 9.53. The fraction of sp³-hybridized carbons (Fsp3) is 0.526. The van der Waals surface area contributed by atoms with E-state index in [1.165, 1.54) is 11.8 Å². The van der Waals surface area contributed by atoms with E-state index in [1.54, 1.807) is 18.2 Å². The van der Waals surface area contributed by atoms with E-state index < -0.39 is 17.7 Å². The van der Waals surface area contributed by atoms with Crippen LogP contribution < -0.4 is 5.32 Å². The molecule has 1 amide bonds. The molecule has 9 heteroatoms. The Balaban J connectivity index is 2.07. The van der Waals surface area contributed by atoms with Crippen LogP contribution in [0.1, 0.15) is 58.5 Å². The van der Waals surface area contributed by atoms with Crippen molar-refractivity contribution in [3.63, 3.8) is 0 Å². The molecule has 0 saturated heterocycles. The summed E-state index contributed by atoms with van der Waals surface area (Å²) in [7, 11) is 0. The van der Waals surface area contributed by atoms with Gasteiger partial charge in [-0.15, -0.1) is 10.2 Å². The number of carbonyl (C=O) groups excluding carboxylic acids is 1. The summed E-state index contributed by atoms with van der Waals surface area (Å²) in [6.07, 6.45) is 0.121. The van der Waals surface area contributed by atoms with Crippen molar-refractivity contribution in [2.75, 3.05) is 0 Å². The molecule has 0 bridgehead atoms. The van der Waals surface area contributed by atoms with Crippen molar-refractivity contribution in [3.05, 3.63) is 39.7 Å². The van der Waals surface area contributed by atoms with Gasteiger partial charge in [0.05, 0.1) is 0 Å². The molecule has 2 aromatic rings. The Hall–Kier alpha value is -1.44. The van der Waals surface area contributed by atoms with Crippen LogP contribution >= 0.6 is 35.0 Å². The first-order valence-electron chi connectivity index (χ1n) is 8.93. The maximum Gasteiger partial charge on any atom is 0.408 e. The number of alkyl carbamates (subject to hydrolysis) is 1. The normalized spacial score (nSPS) is 12.9. The number of benzene rings is 1. The van der Waals surface area contributed by atoms with E-state index >= 15 is 0 Å². The van der Waals surface area contributed by atoms with Crippen LogP contribution in [0.4, 0.5) is 4.79 Å². The molecule has 1 unspecified atom stereocenters. The lowest BCUT2D eigenvalue weighted by molar-refractivity contribution is 0.0487. The molecule has 0 aliphatic heterocycles. The Labute approximate surface area is 179 Å². The highest BCUT2D eigenvalue weighted by Crippen LogP contribution is 2.32. The Morgan fingerprint density at radius 2 is 1.89 bits per heavy atom.